The van der Waals surface area contributed by atoms with Crippen molar-refractivity contribution >= 4 is 0 Å². The van der Waals surface area contributed by atoms with Crippen molar-refractivity contribution in [3.63, 3.8) is 0 Å². The highest BCUT2D eigenvalue weighted by Crippen LogP contribution is 2.49. The standard InChI is InChI=1S/C19H28O2/c1-18(2,21-3)10-11-19(20)16-8-9-17(19)13-15-7-5-4-6-14(15)12-16/h4-7,16-17,20H,8-13H2,1-3H3. The molecule has 2 heteroatoms. The number of hydrogen-bond donors (Lipinski definition) is 1. The van der Waals surface area contributed by atoms with Gasteiger partial charge in [0, 0.05) is 7.11 Å². The van der Waals surface area contributed by atoms with Crippen LogP contribution in [-0.2, 0) is 17.6 Å². The van der Waals surface area contributed by atoms with E-state index in [1.807, 2.05) is 0 Å². The van der Waals surface area contributed by atoms with Crippen molar-refractivity contribution in [3.8, 4) is 0 Å². The van der Waals surface area contributed by atoms with Crippen LogP contribution in [0.4, 0.5) is 0 Å². The number of rotatable bonds is 4. The van der Waals surface area contributed by atoms with Gasteiger partial charge in [-0.15, -0.1) is 0 Å². The van der Waals surface area contributed by atoms with E-state index in [9.17, 15) is 5.11 Å². The molecule has 2 atom stereocenters. The Morgan fingerprint density at radius 1 is 1.14 bits per heavy atom. The van der Waals surface area contributed by atoms with Gasteiger partial charge in [0.1, 0.15) is 0 Å². The predicted octanol–water partition coefficient (Wildman–Crippen LogP) is 3.75. The van der Waals surface area contributed by atoms with Crippen LogP contribution >= 0.6 is 0 Å². The fourth-order valence-electron chi connectivity index (χ4n) is 4.29. The highest BCUT2D eigenvalue weighted by molar-refractivity contribution is 5.31. The zero-order valence-corrected chi connectivity index (χ0v) is 13.6. The third-order valence-corrected chi connectivity index (χ3v) is 6.01. The average Bonchev–Trinajstić information content (AvgIpc) is 2.68. The Kier molecular flexibility index (Phi) is 3.87. The summed E-state index contributed by atoms with van der Waals surface area (Å²) < 4.78 is 5.55. The highest BCUT2D eigenvalue weighted by atomic mass is 16.5. The van der Waals surface area contributed by atoms with Gasteiger partial charge in [-0.2, -0.15) is 0 Å². The minimum atomic E-state index is -0.505. The second kappa shape index (κ2) is 5.40. The second-order valence-corrected chi connectivity index (χ2v) is 7.60. The molecule has 0 spiro atoms. The Hall–Kier alpha value is -0.860. The number of methoxy groups -OCH3 is 1. The first-order valence-electron chi connectivity index (χ1n) is 8.29. The minimum absolute atomic E-state index is 0.145. The maximum Gasteiger partial charge on any atom is 0.0711 e. The molecule has 3 rings (SSSR count). The summed E-state index contributed by atoms with van der Waals surface area (Å²) in [6.07, 6.45) is 6.19. The first kappa shape index (κ1) is 15.1. The Morgan fingerprint density at radius 3 is 2.14 bits per heavy atom. The molecule has 0 radical (unpaired) electrons. The second-order valence-electron chi connectivity index (χ2n) is 7.60. The van der Waals surface area contributed by atoms with Crippen molar-refractivity contribution in [2.45, 2.75) is 63.6 Å². The van der Waals surface area contributed by atoms with Gasteiger partial charge in [-0.1, -0.05) is 24.3 Å². The first-order valence-corrected chi connectivity index (χ1v) is 8.29. The molecule has 0 saturated heterocycles. The number of benzene rings is 1. The largest absolute Gasteiger partial charge is 0.389 e. The van der Waals surface area contributed by atoms with E-state index in [2.05, 4.69) is 38.1 Å². The summed E-state index contributed by atoms with van der Waals surface area (Å²) in [5, 5.41) is 11.4. The van der Waals surface area contributed by atoms with Crippen LogP contribution in [0.15, 0.2) is 24.3 Å². The molecule has 2 aliphatic carbocycles. The molecular formula is C19H28O2. The van der Waals surface area contributed by atoms with Crippen molar-refractivity contribution in [2.24, 2.45) is 11.8 Å². The maximum absolute atomic E-state index is 11.4. The summed E-state index contributed by atoms with van der Waals surface area (Å²) in [4.78, 5) is 0. The highest BCUT2D eigenvalue weighted by Gasteiger charge is 2.50. The van der Waals surface area contributed by atoms with Gasteiger partial charge in [0.2, 0.25) is 0 Å². The topological polar surface area (TPSA) is 29.5 Å². The van der Waals surface area contributed by atoms with Crippen LogP contribution in [0.2, 0.25) is 0 Å². The van der Waals surface area contributed by atoms with Crippen molar-refractivity contribution < 1.29 is 9.84 Å². The van der Waals surface area contributed by atoms with Crippen molar-refractivity contribution in [1.29, 1.82) is 0 Å². The van der Waals surface area contributed by atoms with Crippen LogP contribution in [0.1, 0.15) is 50.7 Å². The van der Waals surface area contributed by atoms with E-state index in [0.717, 1.165) is 25.7 Å². The molecule has 0 aliphatic heterocycles. The van der Waals surface area contributed by atoms with E-state index in [-0.39, 0.29) is 5.60 Å². The van der Waals surface area contributed by atoms with Gasteiger partial charge >= 0.3 is 0 Å². The zero-order valence-electron chi connectivity index (χ0n) is 13.6. The predicted molar refractivity (Wildman–Crippen MR) is 85.3 cm³/mol. The maximum atomic E-state index is 11.4. The van der Waals surface area contributed by atoms with E-state index >= 15 is 0 Å². The summed E-state index contributed by atoms with van der Waals surface area (Å²) in [5.41, 5.74) is 2.26. The number of ether oxygens (including phenoxy) is 1. The molecule has 1 aromatic rings. The van der Waals surface area contributed by atoms with Crippen molar-refractivity contribution in [3.05, 3.63) is 35.4 Å². The van der Waals surface area contributed by atoms with Gasteiger partial charge in [0.15, 0.2) is 0 Å². The fourth-order valence-corrected chi connectivity index (χ4v) is 4.29. The molecule has 0 aromatic heterocycles. The van der Waals surface area contributed by atoms with Gasteiger partial charge in [-0.05, 0) is 75.3 Å². The lowest BCUT2D eigenvalue weighted by Crippen LogP contribution is -2.42. The molecule has 2 bridgehead atoms. The van der Waals surface area contributed by atoms with Gasteiger partial charge in [-0.25, -0.2) is 0 Å². The monoisotopic (exact) mass is 288 g/mol. The lowest BCUT2D eigenvalue weighted by molar-refractivity contribution is -0.0671. The van der Waals surface area contributed by atoms with E-state index < -0.39 is 5.60 Å². The molecule has 1 aromatic carbocycles. The van der Waals surface area contributed by atoms with Crippen LogP contribution in [0.3, 0.4) is 0 Å². The van der Waals surface area contributed by atoms with E-state index in [1.165, 1.54) is 24.0 Å². The number of hydrogen-bond acceptors (Lipinski definition) is 2. The van der Waals surface area contributed by atoms with Gasteiger partial charge < -0.3 is 9.84 Å². The lowest BCUT2D eigenvalue weighted by Gasteiger charge is -2.36. The molecule has 2 nitrogen and oxygen atoms in total. The molecule has 21 heavy (non-hydrogen) atoms. The smallest absolute Gasteiger partial charge is 0.0711 e. The Bertz CT molecular complexity index is 473. The van der Waals surface area contributed by atoms with E-state index in [0.29, 0.717) is 11.8 Å². The summed E-state index contributed by atoms with van der Waals surface area (Å²) in [7, 11) is 1.77. The Balaban J connectivity index is 1.81. The van der Waals surface area contributed by atoms with Gasteiger partial charge in [0.25, 0.3) is 0 Å². The van der Waals surface area contributed by atoms with Crippen LogP contribution in [0.5, 0.6) is 0 Å². The SMILES string of the molecule is COC(C)(C)CCC1(O)C2CCC1Cc1ccccc1C2. The molecule has 0 amide bonds. The van der Waals surface area contributed by atoms with Crippen molar-refractivity contribution in [2.75, 3.05) is 7.11 Å². The molecule has 0 heterocycles. The number of fused-ring (bicyclic) bond motifs is 3. The Labute approximate surface area is 128 Å². The molecule has 1 N–H and O–H groups in total. The van der Waals surface area contributed by atoms with Crippen LogP contribution in [-0.4, -0.2) is 23.4 Å². The van der Waals surface area contributed by atoms with Gasteiger partial charge in [0.05, 0.1) is 11.2 Å². The third kappa shape index (κ3) is 2.76. The van der Waals surface area contributed by atoms with Crippen LogP contribution in [0, 0.1) is 11.8 Å². The summed E-state index contributed by atoms with van der Waals surface area (Å²) in [6.45, 7) is 4.23. The quantitative estimate of drug-likeness (QED) is 0.914. The number of aliphatic hydroxyl groups is 1. The molecular weight excluding hydrogens is 260 g/mol. The summed E-state index contributed by atoms with van der Waals surface area (Å²) in [6, 6.07) is 8.75. The average molecular weight is 288 g/mol. The molecule has 116 valence electrons. The van der Waals surface area contributed by atoms with E-state index in [1.54, 1.807) is 7.11 Å². The molecule has 2 unspecified atom stereocenters. The normalized spacial score (nSPS) is 31.8. The van der Waals surface area contributed by atoms with Crippen molar-refractivity contribution in [1.82, 2.24) is 0 Å². The van der Waals surface area contributed by atoms with Gasteiger partial charge in [-0.3, -0.25) is 0 Å². The summed E-state index contributed by atoms with van der Waals surface area (Å²) >= 11 is 0. The van der Waals surface area contributed by atoms with Crippen LogP contribution in [0.25, 0.3) is 0 Å². The van der Waals surface area contributed by atoms with E-state index in [4.69, 9.17) is 4.74 Å². The Morgan fingerprint density at radius 2 is 1.67 bits per heavy atom. The minimum Gasteiger partial charge on any atom is -0.389 e. The van der Waals surface area contributed by atoms with Crippen LogP contribution < -0.4 is 0 Å². The molecule has 1 saturated carbocycles. The lowest BCUT2D eigenvalue weighted by atomic mass is 9.77. The first-order chi connectivity index (χ1) is 9.94. The molecule has 2 aliphatic rings. The fraction of sp³-hybridized carbons (Fsp3) is 0.684. The summed E-state index contributed by atoms with van der Waals surface area (Å²) in [5.74, 6) is 0.831. The molecule has 1 fully saturated rings. The zero-order chi connectivity index (χ0) is 15.1. The third-order valence-electron chi connectivity index (χ3n) is 6.01.